The van der Waals surface area contributed by atoms with E-state index in [2.05, 4.69) is 40.6 Å². The number of pyridine rings is 1. The zero-order valence-corrected chi connectivity index (χ0v) is 12.4. The quantitative estimate of drug-likeness (QED) is 0.846. The number of nitrogens with zero attached hydrogens (tertiary/aromatic N) is 3. The Morgan fingerprint density at radius 3 is 2.67 bits per heavy atom. The summed E-state index contributed by atoms with van der Waals surface area (Å²) in [6.07, 6.45) is 4.07. The summed E-state index contributed by atoms with van der Waals surface area (Å²) in [5, 5.41) is 0. The van der Waals surface area contributed by atoms with Crippen LogP contribution in [0.1, 0.15) is 24.2 Å². The first-order chi connectivity index (χ1) is 10.2. The van der Waals surface area contributed by atoms with Gasteiger partial charge in [0.1, 0.15) is 5.65 Å². The molecule has 2 aromatic rings. The van der Waals surface area contributed by atoms with E-state index in [0.717, 1.165) is 57.0 Å². The van der Waals surface area contributed by atoms with Gasteiger partial charge >= 0.3 is 0 Å². The topological polar surface area (TPSA) is 39.0 Å². The van der Waals surface area contributed by atoms with Gasteiger partial charge in [-0.15, -0.1) is 0 Å². The van der Waals surface area contributed by atoms with Crippen LogP contribution in [0.4, 0.5) is 0 Å². The molecule has 5 nitrogen and oxygen atoms in total. The number of imidazole rings is 1. The van der Waals surface area contributed by atoms with Gasteiger partial charge in [0.15, 0.2) is 5.79 Å². The van der Waals surface area contributed by atoms with Gasteiger partial charge in [-0.3, -0.25) is 4.90 Å². The molecule has 2 aromatic heterocycles. The van der Waals surface area contributed by atoms with E-state index in [-0.39, 0.29) is 5.79 Å². The predicted molar refractivity (Wildman–Crippen MR) is 79.1 cm³/mol. The number of piperidine rings is 1. The van der Waals surface area contributed by atoms with Crippen LogP contribution in [0.25, 0.3) is 5.65 Å². The van der Waals surface area contributed by atoms with Crippen molar-refractivity contribution < 1.29 is 9.47 Å². The Labute approximate surface area is 124 Å². The van der Waals surface area contributed by atoms with E-state index in [1.54, 1.807) is 0 Å². The van der Waals surface area contributed by atoms with Crippen LogP contribution in [0, 0.1) is 6.92 Å². The molecule has 0 radical (unpaired) electrons. The fourth-order valence-electron chi connectivity index (χ4n) is 3.34. The Balaban J connectivity index is 1.45. The molecule has 4 rings (SSSR count). The number of likely N-dealkylation sites (tertiary alicyclic amines) is 1. The van der Waals surface area contributed by atoms with Gasteiger partial charge < -0.3 is 13.9 Å². The smallest absolute Gasteiger partial charge is 0.170 e. The second kappa shape index (κ2) is 5.09. The number of aryl methyl sites for hydroxylation is 1. The number of ether oxygens (including phenoxy) is 2. The monoisotopic (exact) mass is 287 g/mol. The summed E-state index contributed by atoms with van der Waals surface area (Å²) in [6.45, 7) is 6.51. The molecule has 2 fully saturated rings. The number of rotatable bonds is 2. The Morgan fingerprint density at radius 1 is 1.19 bits per heavy atom. The minimum absolute atomic E-state index is 0.286. The molecule has 5 heteroatoms. The van der Waals surface area contributed by atoms with E-state index in [4.69, 9.17) is 14.5 Å². The molecule has 0 unspecified atom stereocenters. The molecule has 0 aliphatic carbocycles. The fraction of sp³-hybridized carbons (Fsp3) is 0.562. The maximum Gasteiger partial charge on any atom is 0.170 e. The lowest BCUT2D eigenvalue weighted by Gasteiger charge is -2.37. The van der Waals surface area contributed by atoms with Crippen molar-refractivity contribution in [3.63, 3.8) is 0 Å². The molecule has 0 aromatic carbocycles. The molecule has 112 valence electrons. The third-order valence-electron chi connectivity index (χ3n) is 4.56. The van der Waals surface area contributed by atoms with E-state index in [0.29, 0.717) is 0 Å². The van der Waals surface area contributed by atoms with Gasteiger partial charge in [0.05, 0.1) is 18.9 Å². The predicted octanol–water partition coefficient (Wildman–Crippen LogP) is 1.98. The zero-order chi connectivity index (χ0) is 14.3. The van der Waals surface area contributed by atoms with E-state index < -0.39 is 0 Å². The lowest BCUT2D eigenvalue weighted by molar-refractivity contribution is -0.185. The van der Waals surface area contributed by atoms with Crippen LogP contribution in [0.15, 0.2) is 24.4 Å². The summed E-state index contributed by atoms with van der Waals surface area (Å²) in [5.74, 6) is -0.286. The highest BCUT2D eigenvalue weighted by Crippen LogP contribution is 2.31. The van der Waals surface area contributed by atoms with Gasteiger partial charge in [0, 0.05) is 44.4 Å². The Hall–Kier alpha value is -1.43. The molecule has 0 bridgehead atoms. The van der Waals surface area contributed by atoms with E-state index in [1.165, 1.54) is 5.69 Å². The van der Waals surface area contributed by atoms with Crippen molar-refractivity contribution in [2.24, 2.45) is 0 Å². The minimum Gasteiger partial charge on any atom is -0.347 e. The summed E-state index contributed by atoms with van der Waals surface area (Å²) in [6, 6.07) is 6.22. The minimum atomic E-state index is -0.286. The highest BCUT2D eigenvalue weighted by atomic mass is 16.7. The maximum atomic E-state index is 5.78. The first kappa shape index (κ1) is 13.2. The highest BCUT2D eigenvalue weighted by Gasteiger charge is 2.39. The van der Waals surface area contributed by atoms with Crippen LogP contribution >= 0.6 is 0 Å². The fourth-order valence-corrected chi connectivity index (χ4v) is 3.34. The van der Waals surface area contributed by atoms with Crippen molar-refractivity contribution in [1.29, 1.82) is 0 Å². The molecule has 2 aliphatic heterocycles. The molecule has 0 N–H and O–H groups in total. The summed E-state index contributed by atoms with van der Waals surface area (Å²) >= 11 is 0. The van der Waals surface area contributed by atoms with Crippen molar-refractivity contribution >= 4 is 5.65 Å². The Bertz CT molecular complexity index is 636. The average Bonchev–Trinajstić information content (AvgIpc) is 3.10. The van der Waals surface area contributed by atoms with Crippen molar-refractivity contribution in [2.75, 3.05) is 26.3 Å². The SMILES string of the molecule is Cc1cccc2nc(CN3CCC4(CC3)OCCO4)cn12. The number of hydrogen-bond acceptors (Lipinski definition) is 4. The van der Waals surface area contributed by atoms with Gasteiger partial charge in [-0.25, -0.2) is 4.98 Å². The molecular formula is C16H21N3O2. The second-order valence-electron chi connectivity index (χ2n) is 6.01. The van der Waals surface area contributed by atoms with Crippen molar-refractivity contribution in [2.45, 2.75) is 32.1 Å². The third-order valence-corrected chi connectivity index (χ3v) is 4.56. The van der Waals surface area contributed by atoms with Gasteiger partial charge in [-0.2, -0.15) is 0 Å². The number of hydrogen-bond donors (Lipinski definition) is 0. The van der Waals surface area contributed by atoms with Crippen molar-refractivity contribution in [1.82, 2.24) is 14.3 Å². The lowest BCUT2D eigenvalue weighted by Crippen LogP contribution is -2.44. The summed E-state index contributed by atoms with van der Waals surface area (Å²) < 4.78 is 13.7. The van der Waals surface area contributed by atoms with Crippen LogP contribution in [0.5, 0.6) is 0 Å². The lowest BCUT2D eigenvalue weighted by atomic mass is 10.0. The van der Waals surface area contributed by atoms with Crippen LogP contribution in [0.3, 0.4) is 0 Å². The molecule has 4 heterocycles. The summed E-state index contributed by atoms with van der Waals surface area (Å²) in [4.78, 5) is 7.15. The van der Waals surface area contributed by atoms with Gasteiger partial charge in [-0.05, 0) is 19.1 Å². The standard InChI is InChI=1S/C16H21N3O2/c1-13-3-2-4-15-17-14(12-19(13)15)11-18-7-5-16(6-8-18)20-9-10-21-16/h2-4,12H,5-11H2,1H3. The Kier molecular flexibility index (Phi) is 3.21. The van der Waals surface area contributed by atoms with Crippen LogP contribution in [-0.2, 0) is 16.0 Å². The van der Waals surface area contributed by atoms with Gasteiger partial charge in [0.25, 0.3) is 0 Å². The third kappa shape index (κ3) is 2.46. The summed E-state index contributed by atoms with van der Waals surface area (Å²) in [7, 11) is 0. The van der Waals surface area contributed by atoms with Crippen LogP contribution in [0.2, 0.25) is 0 Å². The second-order valence-corrected chi connectivity index (χ2v) is 6.01. The molecule has 1 spiro atoms. The van der Waals surface area contributed by atoms with Crippen LogP contribution < -0.4 is 0 Å². The molecule has 0 atom stereocenters. The van der Waals surface area contributed by atoms with Gasteiger partial charge in [0.2, 0.25) is 0 Å². The van der Waals surface area contributed by atoms with Crippen molar-refractivity contribution in [3.8, 4) is 0 Å². The Morgan fingerprint density at radius 2 is 1.95 bits per heavy atom. The molecule has 2 saturated heterocycles. The number of aromatic nitrogens is 2. The van der Waals surface area contributed by atoms with Crippen LogP contribution in [-0.4, -0.2) is 46.4 Å². The first-order valence-electron chi connectivity index (χ1n) is 7.68. The maximum absolute atomic E-state index is 5.78. The van der Waals surface area contributed by atoms with E-state index in [9.17, 15) is 0 Å². The average molecular weight is 287 g/mol. The zero-order valence-electron chi connectivity index (χ0n) is 12.4. The highest BCUT2D eigenvalue weighted by molar-refractivity contribution is 5.41. The molecule has 0 saturated carbocycles. The normalized spacial score (nSPS) is 22.3. The molecular weight excluding hydrogens is 266 g/mol. The molecule has 2 aliphatic rings. The number of fused-ring (bicyclic) bond motifs is 1. The van der Waals surface area contributed by atoms with E-state index in [1.807, 2.05) is 0 Å². The first-order valence-corrected chi connectivity index (χ1v) is 7.68. The van der Waals surface area contributed by atoms with E-state index >= 15 is 0 Å². The van der Waals surface area contributed by atoms with Crippen molar-refractivity contribution in [3.05, 3.63) is 35.8 Å². The molecule has 0 amide bonds. The summed E-state index contributed by atoms with van der Waals surface area (Å²) in [5.41, 5.74) is 3.38. The van der Waals surface area contributed by atoms with Gasteiger partial charge in [-0.1, -0.05) is 6.07 Å². The molecule has 21 heavy (non-hydrogen) atoms. The largest absolute Gasteiger partial charge is 0.347 e.